The Morgan fingerprint density at radius 1 is 1.18 bits per heavy atom. The van der Waals surface area contributed by atoms with Crippen molar-refractivity contribution in [2.75, 3.05) is 30.0 Å². The van der Waals surface area contributed by atoms with Crippen molar-refractivity contribution in [3.05, 3.63) is 29.8 Å². The van der Waals surface area contributed by atoms with Crippen molar-refractivity contribution < 1.29 is 9.59 Å². The molecule has 1 aromatic heterocycles. The van der Waals surface area contributed by atoms with Crippen molar-refractivity contribution in [3.63, 3.8) is 0 Å². The number of hydrogen-bond donors (Lipinski definition) is 2. The number of hydrogen-bond acceptors (Lipinski definition) is 7. The van der Waals surface area contributed by atoms with E-state index in [1.165, 1.54) is 28.2 Å². The van der Waals surface area contributed by atoms with Gasteiger partial charge in [-0.1, -0.05) is 41.2 Å². The fraction of sp³-hybridized carbons (Fsp3) is 0.444. The van der Waals surface area contributed by atoms with E-state index in [0.29, 0.717) is 23.4 Å². The number of aryl methyl sites for hydroxylation is 1. The zero-order valence-electron chi connectivity index (χ0n) is 16.5. The van der Waals surface area contributed by atoms with Gasteiger partial charge in [-0.25, -0.2) is 4.68 Å². The second-order valence-electron chi connectivity index (χ2n) is 6.11. The molecule has 0 fully saturated rings. The van der Waals surface area contributed by atoms with E-state index in [-0.39, 0.29) is 17.6 Å². The summed E-state index contributed by atoms with van der Waals surface area (Å²) in [5.41, 5.74) is 1.87. The van der Waals surface area contributed by atoms with Gasteiger partial charge in [-0.3, -0.25) is 9.59 Å². The highest BCUT2D eigenvalue weighted by atomic mass is 32.2. The predicted molar refractivity (Wildman–Crippen MR) is 114 cm³/mol. The number of nitrogen functional groups attached to an aromatic ring is 1. The van der Waals surface area contributed by atoms with E-state index in [0.717, 1.165) is 11.3 Å². The molecule has 2 aromatic rings. The van der Waals surface area contributed by atoms with Crippen molar-refractivity contribution in [2.45, 2.75) is 43.3 Å². The van der Waals surface area contributed by atoms with Gasteiger partial charge in [-0.05, 0) is 39.8 Å². The van der Waals surface area contributed by atoms with Crippen molar-refractivity contribution >= 4 is 41.0 Å². The maximum absolute atomic E-state index is 12.4. The molecule has 152 valence electrons. The number of nitrogens with one attached hydrogen (secondary N) is 1. The fourth-order valence-electron chi connectivity index (χ4n) is 2.33. The number of aromatic nitrogens is 3. The summed E-state index contributed by atoms with van der Waals surface area (Å²) in [7, 11) is 0. The molecule has 1 aromatic carbocycles. The maximum Gasteiger partial charge on any atom is 0.237 e. The van der Waals surface area contributed by atoms with E-state index >= 15 is 0 Å². The smallest absolute Gasteiger partial charge is 0.237 e. The van der Waals surface area contributed by atoms with E-state index in [4.69, 9.17) is 5.84 Å². The van der Waals surface area contributed by atoms with Crippen LogP contribution in [0.3, 0.4) is 0 Å². The van der Waals surface area contributed by atoms with Crippen LogP contribution in [0.4, 0.5) is 5.69 Å². The first kappa shape index (κ1) is 22.1. The lowest BCUT2D eigenvalue weighted by Crippen LogP contribution is -2.32. The molecule has 0 spiro atoms. The van der Waals surface area contributed by atoms with Crippen LogP contribution >= 0.6 is 23.5 Å². The number of rotatable bonds is 9. The zero-order chi connectivity index (χ0) is 20.7. The molecule has 0 aliphatic heterocycles. The lowest BCUT2D eigenvalue weighted by Gasteiger charge is -2.17. The summed E-state index contributed by atoms with van der Waals surface area (Å²) in [4.78, 5) is 26.2. The van der Waals surface area contributed by atoms with Crippen LogP contribution in [0.25, 0.3) is 0 Å². The molecule has 0 bridgehead atoms. The molecule has 0 aliphatic carbocycles. The summed E-state index contributed by atoms with van der Waals surface area (Å²) in [6.07, 6.45) is 0. The Kier molecular flexibility index (Phi) is 8.18. The number of amides is 2. The molecule has 3 N–H and O–H groups in total. The van der Waals surface area contributed by atoms with Crippen molar-refractivity contribution in [1.29, 1.82) is 0 Å². The Morgan fingerprint density at radius 2 is 1.79 bits per heavy atom. The molecular formula is C18H26N6O2S2. The van der Waals surface area contributed by atoms with Gasteiger partial charge in [0.25, 0.3) is 0 Å². The molecule has 0 saturated carbocycles. The Morgan fingerprint density at radius 3 is 2.39 bits per heavy atom. The normalized spacial score (nSPS) is 11.9. The SMILES string of the molecule is CCN(CC)C(=O)CSc1nnc(S[C@H](C)C(=O)Nc2ccc(C)cc2)n1N. The molecule has 0 unspecified atom stereocenters. The van der Waals surface area contributed by atoms with E-state index in [1.54, 1.807) is 11.8 Å². The molecule has 28 heavy (non-hydrogen) atoms. The number of thioether (sulfide) groups is 2. The molecule has 1 atom stereocenters. The first-order valence-electron chi connectivity index (χ1n) is 9.00. The van der Waals surface area contributed by atoms with Gasteiger partial charge in [0.2, 0.25) is 22.1 Å². The molecule has 2 rings (SSSR count). The summed E-state index contributed by atoms with van der Waals surface area (Å²) in [5.74, 6) is 6.16. The molecule has 2 amide bonds. The summed E-state index contributed by atoms with van der Waals surface area (Å²) in [6.45, 7) is 8.98. The molecule has 1 heterocycles. The van der Waals surface area contributed by atoms with Gasteiger partial charge in [0, 0.05) is 18.8 Å². The molecule has 8 nitrogen and oxygen atoms in total. The van der Waals surface area contributed by atoms with Gasteiger partial charge in [0.1, 0.15) is 0 Å². The van der Waals surface area contributed by atoms with Crippen molar-refractivity contribution in [3.8, 4) is 0 Å². The molecule has 0 radical (unpaired) electrons. The minimum atomic E-state index is -0.414. The van der Waals surface area contributed by atoms with Crippen molar-refractivity contribution in [1.82, 2.24) is 19.8 Å². The third-order valence-corrected chi connectivity index (χ3v) is 6.03. The first-order valence-corrected chi connectivity index (χ1v) is 10.9. The summed E-state index contributed by atoms with van der Waals surface area (Å²) < 4.78 is 1.32. The zero-order valence-corrected chi connectivity index (χ0v) is 18.1. The van der Waals surface area contributed by atoms with E-state index < -0.39 is 5.25 Å². The molecule has 10 heteroatoms. The minimum absolute atomic E-state index is 0.0260. The monoisotopic (exact) mass is 422 g/mol. The summed E-state index contributed by atoms with van der Waals surface area (Å²) in [6, 6.07) is 7.59. The molecular weight excluding hydrogens is 396 g/mol. The summed E-state index contributed by atoms with van der Waals surface area (Å²) in [5, 5.41) is 11.4. The van der Waals surface area contributed by atoms with Crippen LogP contribution in [0.2, 0.25) is 0 Å². The second kappa shape index (κ2) is 10.4. The Labute approximate surface area is 173 Å². The standard InChI is InChI=1S/C18H26N6O2S2/c1-5-23(6-2)15(25)11-27-17-21-22-18(24(17)19)28-13(4)16(26)20-14-9-7-12(3)8-10-14/h7-10,13H,5-6,11,19H2,1-4H3,(H,20,26)/t13-/m1/s1. The van der Waals surface area contributed by atoms with Gasteiger partial charge in [0.05, 0.1) is 11.0 Å². The third kappa shape index (κ3) is 5.90. The highest BCUT2D eigenvalue weighted by molar-refractivity contribution is 8.00. The Hall–Kier alpha value is -2.20. The van der Waals surface area contributed by atoms with Crippen LogP contribution in [0.1, 0.15) is 26.3 Å². The van der Waals surface area contributed by atoms with Crippen LogP contribution < -0.4 is 11.2 Å². The van der Waals surface area contributed by atoms with Gasteiger partial charge in [-0.2, -0.15) is 0 Å². The van der Waals surface area contributed by atoms with Crippen LogP contribution in [0.5, 0.6) is 0 Å². The van der Waals surface area contributed by atoms with Crippen LogP contribution in [-0.4, -0.2) is 55.7 Å². The average Bonchev–Trinajstić information content (AvgIpc) is 3.02. The quantitative estimate of drug-likeness (QED) is 0.472. The predicted octanol–water partition coefficient (Wildman–Crippen LogP) is 2.38. The highest BCUT2D eigenvalue weighted by Crippen LogP contribution is 2.25. The van der Waals surface area contributed by atoms with E-state index in [1.807, 2.05) is 45.0 Å². The highest BCUT2D eigenvalue weighted by Gasteiger charge is 2.20. The second-order valence-corrected chi connectivity index (χ2v) is 8.36. The fourth-order valence-corrected chi connectivity index (χ4v) is 3.92. The van der Waals surface area contributed by atoms with Gasteiger partial charge < -0.3 is 16.1 Å². The number of carbonyl (C=O) groups is 2. The van der Waals surface area contributed by atoms with Crippen LogP contribution in [0, 0.1) is 6.92 Å². The molecule has 0 aliphatic rings. The topological polar surface area (TPSA) is 106 Å². The summed E-state index contributed by atoms with van der Waals surface area (Å²) >= 11 is 2.45. The van der Waals surface area contributed by atoms with Crippen LogP contribution in [0.15, 0.2) is 34.6 Å². The number of benzene rings is 1. The number of nitrogens with two attached hydrogens (primary N) is 1. The van der Waals surface area contributed by atoms with Gasteiger partial charge >= 0.3 is 0 Å². The average molecular weight is 423 g/mol. The van der Waals surface area contributed by atoms with Crippen molar-refractivity contribution in [2.24, 2.45) is 0 Å². The van der Waals surface area contributed by atoms with E-state index in [9.17, 15) is 9.59 Å². The minimum Gasteiger partial charge on any atom is -0.343 e. The van der Waals surface area contributed by atoms with Crippen LogP contribution in [-0.2, 0) is 9.59 Å². The lowest BCUT2D eigenvalue weighted by molar-refractivity contribution is -0.128. The lowest BCUT2D eigenvalue weighted by atomic mass is 10.2. The number of carbonyl (C=O) groups excluding carboxylic acids is 2. The first-order chi connectivity index (χ1) is 13.3. The van der Waals surface area contributed by atoms with Gasteiger partial charge in [-0.15, -0.1) is 10.2 Å². The van der Waals surface area contributed by atoms with E-state index in [2.05, 4.69) is 15.5 Å². The number of anilines is 1. The third-order valence-electron chi connectivity index (χ3n) is 4.04. The van der Waals surface area contributed by atoms with Gasteiger partial charge in [0.15, 0.2) is 0 Å². The maximum atomic E-state index is 12.4. The Bertz CT molecular complexity index is 805. The number of nitrogens with zero attached hydrogens (tertiary/aromatic N) is 4. The Balaban J connectivity index is 1.92. The molecule has 0 saturated heterocycles. The largest absolute Gasteiger partial charge is 0.343 e.